The Bertz CT molecular complexity index is 836. The van der Waals surface area contributed by atoms with Gasteiger partial charge in [-0.25, -0.2) is 0 Å². The molecule has 1 fully saturated rings. The molecule has 0 bridgehead atoms. The van der Waals surface area contributed by atoms with Crippen LogP contribution in [0.3, 0.4) is 0 Å². The molecule has 0 spiro atoms. The second kappa shape index (κ2) is 6.17. The van der Waals surface area contributed by atoms with Crippen molar-refractivity contribution in [3.63, 3.8) is 0 Å². The Morgan fingerprint density at radius 1 is 1.25 bits per heavy atom. The fourth-order valence-electron chi connectivity index (χ4n) is 3.50. The molecule has 0 aliphatic carbocycles. The maximum absolute atomic E-state index is 13.0. The van der Waals surface area contributed by atoms with Crippen molar-refractivity contribution in [1.29, 1.82) is 0 Å². The molecule has 124 valence electrons. The lowest BCUT2D eigenvalue weighted by atomic mass is 10.0. The van der Waals surface area contributed by atoms with Gasteiger partial charge in [-0.15, -0.1) is 0 Å². The Labute approximate surface area is 139 Å². The highest BCUT2D eigenvalue weighted by atomic mass is 16.4. The van der Waals surface area contributed by atoms with Gasteiger partial charge in [-0.3, -0.25) is 4.79 Å². The van der Waals surface area contributed by atoms with Crippen molar-refractivity contribution in [1.82, 2.24) is 4.90 Å². The van der Waals surface area contributed by atoms with E-state index in [2.05, 4.69) is 0 Å². The molecule has 1 aliphatic rings. The van der Waals surface area contributed by atoms with Crippen molar-refractivity contribution >= 4 is 16.9 Å². The third kappa shape index (κ3) is 2.61. The summed E-state index contributed by atoms with van der Waals surface area (Å²) in [5, 5.41) is 11.2. The quantitative estimate of drug-likeness (QED) is 0.793. The first-order valence-electron chi connectivity index (χ1n) is 8.22. The van der Waals surface area contributed by atoms with Crippen molar-refractivity contribution in [3.8, 4) is 0 Å². The Kier molecular flexibility index (Phi) is 3.86. The minimum Gasteiger partial charge on any atom is -0.467 e. The molecule has 1 amide bonds. The molecule has 24 heavy (non-hydrogen) atoms. The summed E-state index contributed by atoms with van der Waals surface area (Å²) in [5.41, 5.74) is 1.30. The van der Waals surface area contributed by atoms with E-state index in [1.807, 2.05) is 29.2 Å². The molecule has 1 aliphatic heterocycles. The SMILES string of the molecule is O=C(c1coc2ccccc12)N1CCCC1CC(O)c1ccco1. The molecule has 0 saturated carbocycles. The Morgan fingerprint density at radius 3 is 2.96 bits per heavy atom. The maximum atomic E-state index is 13.0. The zero-order chi connectivity index (χ0) is 16.5. The number of carbonyl (C=O) groups excluding carboxylic acids is 1. The maximum Gasteiger partial charge on any atom is 0.257 e. The molecular formula is C19H19NO4. The molecule has 1 aromatic carbocycles. The summed E-state index contributed by atoms with van der Waals surface area (Å²) in [7, 11) is 0. The van der Waals surface area contributed by atoms with E-state index in [1.54, 1.807) is 18.4 Å². The van der Waals surface area contributed by atoms with Gasteiger partial charge in [0.05, 0.1) is 11.8 Å². The molecule has 1 N–H and O–H groups in total. The van der Waals surface area contributed by atoms with Gasteiger partial charge in [-0.1, -0.05) is 18.2 Å². The molecule has 2 unspecified atom stereocenters. The first-order valence-corrected chi connectivity index (χ1v) is 8.22. The van der Waals surface area contributed by atoms with Crippen LogP contribution in [0.15, 0.2) is 57.8 Å². The number of nitrogens with zero attached hydrogens (tertiary/aromatic N) is 1. The highest BCUT2D eigenvalue weighted by Gasteiger charge is 2.33. The normalized spacial score (nSPS) is 19.0. The summed E-state index contributed by atoms with van der Waals surface area (Å²) in [6.45, 7) is 0.702. The molecule has 2 atom stereocenters. The third-order valence-electron chi connectivity index (χ3n) is 4.72. The van der Waals surface area contributed by atoms with Crippen LogP contribution in [-0.2, 0) is 0 Å². The van der Waals surface area contributed by atoms with E-state index in [4.69, 9.17) is 8.83 Å². The van der Waals surface area contributed by atoms with Crippen LogP contribution in [0, 0.1) is 0 Å². The summed E-state index contributed by atoms with van der Waals surface area (Å²) in [6, 6.07) is 11.1. The third-order valence-corrected chi connectivity index (χ3v) is 4.72. The molecular weight excluding hydrogens is 306 g/mol. The average molecular weight is 325 g/mol. The molecule has 5 nitrogen and oxygen atoms in total. The number of hydrogen-bond acceptors (Lipinski definition) is 4. The van der Waals surface area contributed by atoms with Crippen LogP contribution in [0.1, 0.15) is 41.5 Å². The van der Waals surface area contributed by atoms with Gasteiger partial charge in [0.25, 0.3) is 5.91 Å². The van der Waals surface area contributed by atoms with Gasteiger partial charge in [0.15, 0.2) is 0 Å². The second-order valence-electron chi connectivity index (χ2n) is 6.21. The number of carbonyl (C=O) groups is 1. The zero-order valence-corrected chi connectivity index (χ0v) is 13.2. The van der Waals surface area contributed by atoms with Gasteiger partial charge in [-0.05, 0) is 31.0 Å². The largest absolute Gasteiger partial charge is 0.467 e. The standard InChI is InChI=1S/C19H19NO4/c21-16(18-8-4-10-23-18)11-13-5-3-9-20(13)19(22)15-12-24-17-7-2-1-6-14(15)17/h1-2,4,6-8,10,12-13,16,21H,3,5,9,11H2. The number of fused-ring (bicyclic) bond motifs is 1. The van der Waals surface area contributed by atoms with Gasteiger partial charge in [0, 0.05) is 24.4 Å². The lowest BCUT2D eigenvalue weighted by molar-refractivity contribution is 0.0642. The zero-order valence-electron chi connectivity index (χ0n) is 13.2. The monoisotopic (exact) mass is 325 g/mol. The van der Waals surface area contributed by atoms with Gasteiger partial charge in [-0.2, -0.15) is 0 Å². The van der Waals surface area contributed by atoms with Crippen LogP contribution < -0.4 is 0 Å². The van der Waals surface area contributed by atoms with Gasteiger partial charge in [0.1, 0.15) is 23.7 Å². The number of benzene rings is 1. The predicted molar refractivity (Wildman–Crippen MR) is 88.6 cm³/mol. The van der Waals surface area contributed by atoms with Crippen LogP contribution in [0.25, 0.3) is 11.0 Å². The fourth-order valence-corrected chi connectivity index (χ4v) is 3.50. The van der Waals surface area contributed by atoms with E-state index in [-0.39, 0.29) is 11.9 Å². The number of aliphatic hydroxyl groups excluding tert-OH is 1. The first kappa shape index (κ1) is 15.0. The number of rotatable bonds is 4. The van der Waals surface area contributed by atoms with Crippen LogP contribution in [0.2, 0.25) is 0 Å². The smallest absolute Gasteiger partial charge is 0.257 e. The number of furan rings is 2. The summed E-state index contributed by atoms with van der Waals surface area (Å²) in [4.78, 5) is 14.8. The number of aliphatic hydroxyl groups is 1. The Hall–Kier alpha value is -2.53. The molecule has 1 saturated heterocycles. The fraction of sp³-hybridized carbons (Fsp3) is 0.316. The van der Waals surface area contributed by atoms with Crippen molar-refractivity contribution in [2.24, 2.45) is 0 Å². The second-order valence-corrected chi connectivity index (χ2v) is 6.21. The number of likely N-dealkylation sites (tertiary alicyclic amines) is 1. The van der Waals surface area contributed by atoms with E-state index in [0.29, 0.717) is 29.9 Å². The van der Waals surface area contributed by atoms with Gasteiger partial charge in [0.2, 0.25) is 0 Å². The average Bonchev–Trinajstić information content (AvgIpc) is 3.34. The van der Waals surface area contributed by atoms with Crippen LogP contribution in [0.5, 0.6) is 0 Å². The minimum atomic E-state index is -0.695. The molecule has 3 aromatic rings. The summed E-state index contributed by atoms with van der Waals surface area (Å²) >= 11 is 0. The van der Waals surface area contributed by atoms with Crippen molar-refractivity contribution in [2.45, 2.75) is 31.4 Å². The van der Waals surface area contributed by atoms with Crippen molar-refractivity contribution in [2.75, 3.05) is 6.54 Å². The van der Waals surface area contributed by atoms with Gasteiger partial charge < -0.3 is 18.8 Å². The van der Waals surface area contributed by atoms with E-state index < -0.39 is 6.10 Å². The van der Waals surface area contributed by atoms with Gasteiger partial charge >= 0.3 is 0 Å². The molecule has 3 heterocycles. The number of para-hydroxylation sites is 1. The van der Waals surface area contributed by atoms with Crippen molar-refractivity contribution < 1.29 is 18.7 Å². The Balaban J connectivity index is 1.55. The van der Waals surface area contributed by atoms with Crippen molar-refractivity contribution in [3.05, 3.63) is 60.2 Å². The Morgan fingerprint density at radius 2 is 2.12 bits per heavy atom. The van der Waals surface area contributed by atoms with E-state index >= 15 is 0 Å². The predicted octanol–water partition coefficient (Wildman–Crippen LogP) is 3.75. The minimum absolute atomic E-state index is 0.00580. The number of amides is 1. The van der Waals surface area contributed by atoms with Crippen LogP contribution in [-0.4, -0.2) is 28.5 Å². The lowest BCUT2D eigenvalue weighted by Gasteiger charge is -2.25. The summed E-state index contributed by atoms with van der Waals surface area (Å²) in [5.74, 6) is 0.511. The topological polar surface area (TPSA) is 66.8 Å². The highest BCUT2D eigenvalue weighted by Crippen LogP contribution is 2.30. The molecule has 0 radical (unpaired) electrons. The highest BCUT2D eigenvalue weighted by molar-refractivity contribution is 6.06. The molecule has 4 rings (SSSR count). The van der Waals surface area contributed by atoms with Crippen LogP contribution in [0.4, 0.5) is 0 Å². The molecule has 5 heteroatoms. The number of hydrogen-bond donors (Lipinski definition) is 1. The summed E-state index contributed by atoms with van der Waals surface area (Å²) in [6.07, 6.45) is 4.70. The first-order chi connectivity index (χ1) is 11.7. The van der Waals surface area contributed by atoms with Crippen LogP contribution >= 0.6 is 0 Å². The molecule has 2 aromatic heterocycles. The van der Waals surface area contributed by atoms with E-state index in [0.717, 1.165) is 18.2 Å². The van der Waals surface area contributed by atoms with E-state index in [1.165, 1.54) is 6.26 Å². The lowest BCUT2D eigenvalue weighted by Crippen LogP contribution is -2.36. The van der Waals surface area contributed by atoms with E-state index in [9.17, 15) is 9.90 Å². The summed E-state index contributed by atoms with van der Waals surface area (Å²) < 4.78 is 10.8.